The lowest BCUT2D eigenvalue weighted by atomic mass is 10.0. The van der Waals surface area contributed by atoms with Crippen LogP contribution in [0.15, 0.2) is 96.0 Å². The number of nitriles is 1. The molecule has 4 heterocycles. The van der Waals surface area contributed by atoms with Crippen LogP contribution < -0.4 is 9.64 Å². The maximum atomic E-state index is 11.8. The minimum absolute atomic E-state index is 0.107. The van der Waals surface area contributed by atoms with Gasteiger partial charge in [-0.25, -0.2) is 4.98 Å². The summed E-state index contributed by atoms with van der Waals surface area (Å²) in [6, 6.07) is 31.2. The molecule has 5 aromatic rings. The number of hydrogen-bond donors (Lipinski definition) is 1. The third-order valence-electron chi connectivity index (χ3n) is 8.78. The lowest BCUT2D eigenvalue weighted by Crippen LogP contribution is -2.42. The van der Waals surface area contributed by atoms with Crippen LogP contribution in [0.25, 0.3) is 33.4 Å². The van der Waals surface area contributed by atoms with Crippen molar-refractivity contribution in [2.45, 2.75) is 51.5 Å². The summed E-state index contributed by atoms with van der Waals surface area (Å²) in [5.74, 6) is 0.269. The van der Waals surface area contributed by atoms with Crippen molar-refractivity contribution in [1.29, 1.82) is 5.26 Å². The fourth-order valence-corrected chi connectivity index (χ4v) is 7.24. The zero-order chi connectivity index (χ0) is 36.2. The van der Waals surface area contributed by atoms with Gasteiger partial charge >= 0.3 is 0 Å². The van der Waals surface area contributed by atoms with Gasteiger partial charge in [-0.15, -0.1) is 0 Å². The number of amides is 1. The van der Waals surface area contributed by atoms with Crippen LogP contribution in [-0.2, 0) is 9.53 Å². The molecule has 3 aromatic carbocycles. The number of benzene rings is 3. The Morgan fingerprint density at radius 1 is 0.922 bits per heavy atom. The lowest BCUT2D eigenvalue weighted by Gasteiger charge is -2.32. The van der Waals surface area contributed by atoms with Crippen molar-refractivity contribution < 1.29 is 19.4 Å². The molecule has 0 aliphatic carbocycles. The molecular weight excluding hydrogens is 659 g/mol. The Balaban J connectivity index is 0.00000122. The first-order valence-electron chi connectivity index (χ1n) is 17.9. The summed E-state index contributed by atoms with van der Waals surface area (Å²) in [7, 11) is 0. The highest BCUT2D eigenvalue weighted by Gasteiger charge is 2.25. The fraction of sp³-hybridized carbons (Fsp3) is 0.341. The summed E-state index contributed by atoms with van der Waals surface area (Å²) in [6.45, 7) is 11.8. The van der Waals surface area contributed by atoms with Crippen molar-refractivity contribution in [3.8, 4) is 34.2 Å². The quantitative estimate of drug-likeness (QED) is 0.173. The minimum atomic E-state index is -0.481. The zero-order valence-corrected chi connectivity index (χ0v) is 30.7. The van der Waals surface area contributed by atoms with Crippen LogP contribution in [0.5, 0.6) is 5.75 Å². The lowest BCUT2D eigenvalue weighted by molar-refractivity contribution is -0.135. The molecule has 0 unspecified atom stereocenters. The SMILES string of the molecule is CC.CC.N#Cc1cc(-c2ccnc3c2cc(-c2ccc(N4CCOCC4)cc2)n3Sc2ccccc2)ccc1OC1CCN(C(=O)CO)CC1. The van der Waals surface area contributed by atoms with Gasteiger partial charge < -0.3 is 24.4 Å². The standard InChI is InChI=1S/C37H35N5O4S.2C2H6/c38-24-28-22-27(8-11-35(28)46-30-13-16-41(17-14-30)36(44)25-43)32-12-15-39-37-33(32)23-34(42(37)47-31-4-2-1-3-5-31)26-6-9-29(10-7-26)40-18-20-45-21-19-40;2*1-2/h1-12,15,22-23,30,43H,13-14,16-21,25H2;2*1-2H3. The number of anilines is 1. The monoisotopic (exact) mass is 705 g/mol. The average Bonchev–Trinajstić information content (AvgIpc) is 3.58. The Morgan fingerprint density at radius 3 is 2.27 bits per heavy atom. The number of rotatable bonds is 8. The molecule has 2 aromatic heterocycles. The second-order valence-corrected chi connectivity index (χ2v) is 12.7. The van der Waals surface area contributed by atoms with Gasteiger partial charge in [0.25, 0.3) is 0 Å². The molecule has 10 heteroatoms. The van der Waals surface area contributed by atoms with Gasteiger partial charge in [0.15, 0.2) is 5.65 Å². The second kappa shape index (κ2) is 18.4. The fourth-order valence-electron chi connectivity index (χ4n) is 6.26. The van der Waals surface area contributed by atoms with Crippen molar-refractivity contribution in [3.63, 3.8) is 0 Å². The molecule has 51 heavy (non-hydrogen) atoms. The van der Waals surface area contributed by atoms with Crippen molar-refractivity contribution >= 4 is 34.6 Å². The van der Waals surface area contributed by atoms with E-state index in [0.717, 1.165) is 64.6 Å². The van der Waals surface area contributed by atoms with Crippen LogP contribution in [0.1, 0.15) is 46.1 Å². The smallest absolute Gasteiger partial charge is 0.248 e. The number of aromatic nitrogens is 2. The minimum Gasteiger partial charge on any atom is -0.489 e. The molecule has 1 N–H and O–H groups in total. The number of carbonyl (C=O) groups excluding carboxylic acids is 1. The average molecular weight is 706 g/mol. The first-order chi connectivity index (χ1) is 25.1. The normalized spacial score (nSPS) is 14.5. The Kier molecular flexibility index (Phi) is 13.5. The van der Waals surface area contributed by atoms with E-state index in [4.69, 9.17) is 19.6 Å². The van der Waals surface area contributed by atoms with E-state index in [1.807, 2.05) is 76.4 Å². The van der Waals surface area contributed by atoms with E-state index in [0.29, 0.717) is 37.2 Å². The third-order valence-corrected chi connectivity index (χ3v) is 9.81. The predicted octanol–water partition coefficient (Wildman–Crippen LogP) is 8.05. The first-order valence-corrected chi connectivity index (χ1v) is 18.7. The Labute approximate surface area is 305 Å². The summed E-state index contributed by atoms with van der Waals surface area (Å²) in [4.78, 5) is 21.8. The van der Waals surface area contributed by atoms with Crippen LogP contribution in [-0.4, -0.2) is 77.0 Å². The molecule has 0 radical (unpaired) electrons. The molecule has 266 valence electrons. The van der Waals surface area contributed by atoms with Gasteiger partial charge in [-0.3, -0.25) is 8.77 Å². The molecular formula is C41H47N5O4S. The largest absolute Gasteiger partial charge is 0.489 e. The van der Waals surface area contributed by atoms with Crippen LogP contribution in [0.3, 0.4) is 0 Å². The molecule has 7 rings (SSSR count). The van der Waals surface area contributed by atoms with Crippen molar-refractivity contribution in [2.75, 3.05) is 50.9 Å². The zero-order valence-electron chi connectivity index (χ0n) is 29.9. The number of ether oxygens (including phenoxy) is 2. The number of nitrogens with zero attached hydrogens (tertiary/aromatic N) is 5. The molecule has 2 aliphatic rings. The van der Waals surface area contributed by atoms with Gasteiger partial charge in [0.05, 0.1) is 24.5 Å². The molecule has 2 fully saturated rings. The number of aliphatic hydroxyl groups is 1. The predicted molar refractivity (Wildman–Crippen MR) is 206 cm³/mol. The molecule has 1 amide bonds. The summed E-state index contributed by atoms with van der Waals surface area (Å²) in [6.07, 6.45) is 3.01. The highest BCUT2D eigenvalue weighted by molar-refractivity contribution is 7.98. The number of carbonyl (C=O) groups is 1. The van der Waals surface area contributed by atoms with Gasteiger partial charge in [-0.05, 0) is 77.2 Å². The number of likely N-dealkylation sites (tertiary alicyclic amines) is 1. The first kappa shape index (κ1) is 37.4. The van der Waals surface area contributed by atoms with E-state index in [1.54, 1.807) is 16.8 Å². The molecule has 0 saturated carbocycles. The third kappa shape index (κ3) is 8.74. The van der Waals surface area contributed by atoms with E-state index in [2.05, 4.69) is 57.4 Å². The highest BCUT2D eigenvalue weighted by atomic mass is 32.2. The number of aliphatic hydroxyl groups excluding tert-OH is 1. The van der Waals surface area contributed by atoms with Crippen LogP contribution in [0.4, 0.5) is 5.69 Å². The Morgan fingerprint density at radius 2 is 1.61 bits per heavy atom. The molecule has 9 nitrogen and oxygen atoms in total. The number of pyridine rings is 1. The molecule has 0 spiro atoms. The topological polar surface area (TPSA) is 104 Å². The van der Waals surface area contributed by atoms with Gasteiger partial charge in [-0.1, -0.05) is 64.1 Å². The van der Waals surface area contributed by atoms with E-state index >= 15 is 0 Å². The van der Waals surface area contributed by atoms with Crippen molar-refractivity contribution in [3.05, 3.63) is 96.7 Å². The van der Waals surface area contributed by atoms with E-state index in [9.17, 15) is 10.1 Å². The van der Waals surface area contributed by atoms with Gasteiger partial charge in [-0.2, -0.15) is 5.26 Å². The summed E-state index contributed by atoms with van der Waals surface area (Å²) in [5, 5.41) is 20.3. The van der Waals surface area contributed by atoms with Gasteiger partial charge in [0, 0.05) is 61.2 Å². The van der Waals surface area contributed by atoms with Crippen molar-refractivity contribution in [1.82, 2.24) is 13.9 Å². The molecule has 2 aliphatic heterocycles. The van der Waals surface area contributed by atoms with Gasteiger partial charge in [0.2, 0.25) is 5.91 Å². The Bertz CT molecular complexity index is 1910. The second-order valence-electron chi connectivity index (χ2n) is 11.6. The highest BCUT2D eigenvalue weighted by Crippen LogP contribution is 2.39. The van der Waals surface area contributed by atoms with Crippen LogP contribution >= 0.6 is 11.9 Å². The number of morpholine rings is 1. The summed E-state index contributed by atoms with van der Waals surface area (Å²) in [5.41, 5.74) is 6.49. The van der Waals surface area contributed by atoms with Gasteiger partial charge in [0.1, 0.15) is 24.5 Å². The number of hydrogen-bond acceptors (Lipinski definition) is 8. The molecule has 2 saturated heterocycles. The Hall–Kier alpha value is -4.82. The number of piperidine rings is 1. The molecule has 0 atom stereocenters. The van der Waals surface area contributed by atoms with Crippen LogP contribution in [0, 0.1) is 11.3 Å². The van der Waals surface area contributed by atoms with E-state index < -0.39 is 6.61 Å². The summed E-state index contributed by atoms with van der Waals surface area (Å²) < 4.78 is 14.0. The van der Waals surface area contributed by atoms with Crippen molar-refractivity contribution in [2.24, 2.45) is 0 Å². The number of fused-ring (bicyclic) bond motifs is 1. The maximum Gasteiger partial charge on any atom is 0.248 e. The van der Waals surface area contributed by atoms with Crippen LogP contribution in [0.2, 0.25) is 0 Å². The molecule has 0 bridgehead atoms. The maximum absolute atomic E-state index is 11.8. The van der Waals surface area contributed by atoms with E-state index in [1.165, 1.54) is 5.69 Å². The van der Waals surface area contributed by atoms with E-state index in [-0.39, 0.29) is 12.0 Å². The summed E-state index contributed by atoms with van der Waals surface area (Å²) >= 11 is 1.63.